The van der Waals surface area contributed by atoms with Crippen molar-refractivity contribution in [1.82, 2.24) is 14.9 Å². The van der Waals surface area contributed by atoms with Gasteiger partial charge in [-0.1, -0.05) is 30.3 Å². The van der Waals surface area contributed by atoms with Crippen LogP contribution in [-0.4, -0.2) is 26.7 Å². The van der Waals surface area contributed by atoms with E-state index in [1.807, 2.05) is 30.3 Å². The second kappa shape index (κ2) is 6.45. The van der Waals surface area contributed by atoms with Crippen LogP contribution in [0.1, 0.15) is 34.8 Å². The van der Waals surface area contributed by atoms with Gasteiger partial charge in [0.25, 0.3) is 11.5 Å². The number of aliphatic hydroxyl groups is 1. The summed E-state index contributed by atoms with van der Waals surface area (Å²) in [4.78, 5) is 37.9. The highest BCUT2D eigenvalue weighted by Crippen LogP contribution is 2.38. The fourth-order valence-electron chi connectivity index (χ4n) is 2.98. The van der Waals surface area contributed by atoms with Crippen molar-refractivity contribution in [2.45, 2.75) is 25.0 Å². The molecule has 1 aromatic heterocycles. The molecule has 0 spiro atoms. The number of carbonyl (C=O) groups is 1. The zero-order valence-electron chi connectivity index (χ0n) is 13.2. The van der Waals surface area contributed by atoms with E-state index < -0.39 is 17.2 Å². The zero-order valence-corrected chi connectivity index (χ0v) is 13.2. The Hall–Kier alpha value is -2.67. The first-order chi connectivity index (χ1) is 11.5. The van der Waals surface area contributed by atoms with Gasteiger partial charge >= 0.3 is 5.69 Å². The number of carbonyl (C=O) groups excluding carboxylic acids is 1. The van der Waals surface area contributed by atoms with Crippen LogP contribution in [0.25, 0.3) is 0 Å². The number of nitrogens with one attached hydrogen (secondary N) is 2. The highest BCUT2D eigenvalue weighted by molar-refractivity contribution is 5.93. The molecule has 1 saturated carbocycles. The number of nitrogens with zero attached hydrogens (tertiary/aromatic N) is 1. The first-order valence-corrected chi connectivity index (χ1v) is 7.79. The van der Waals surface area contributed by atoms with E-state index in [-0.39, 0.29) is 23.6 Å². The summed E-state index contributed by atoms with van der Waals surface area (Å²) in [6.45, 7) is 0. The Labute approximate surface area is 138 Å². The van der Waals surface area contributed by atoms with Crippen LogP contribution < -0.4 is 16.6 Å². The van der Waals surface area contributed by atoms with Crippen LogP contribution in [0.4, 0.5) is 0 Å². The van der Waals surface area contributed by atoms with E-state index in [0.717, 1.165) is 10.1 Å². The quantitative estimate of drug-likeness (QED) is 0.751. The maximum Gasteiger partial charge on any atom is 0.328 e. The van der Waals surface area contributed by atoms with Gasteiger partial charge in [0.15, 0.2) is 0 Å². The lowest BCUT2D eigenvalue weighted by Crippen LogP contribution is -2.43. The van der Waals surface area contributed by atoms with Crippen LogP contribution in [0.3, 0.4) is 0 Å². The SMILES string of the molecule is Cn1cc(C(=O)N[C@H](c2ccccc2)C2CC(O)C2)c(=O)[nH]c1=O. The molecule has 1 aromatic carbocycles. The molecule has 1 atom stereocenters. The standard InChI is InChI=1S/C17H19N3O4/c1-20-9-13(16(23)19-17(20)24)15(22)18-14(11-7-12(21)8-11)10-5-3-2-4-6-10/h2-6,9,11-12,14,21H,7-8H2,1H3,(H,18,22)(H,19,23,24)/t11?,12?,14-/m1/s1. The Kier molecular flexibility index (Phi) is 4.35. The van der Waals surface area contributed by atoms with Crippen molar-refractivity contribution >= 4 is 5.91 Å². The first kappa shape index (κ1) is 16.2. The van der Waals surface area contributed by atoms with Crippen LogP contribution in [0, 0.1) is 5.92 Å². The average molecular weight is 329 g/mol. The van der Waals surface area contributed by atoms with Crippen molar-refractivity contribution in [1.29, 1.82) is 0 Å². The number of aromatic amines is 1. The van der Waals surface area contributed by atoms with Gasteiger partial charge in [-0.3, -0.25) is 14.6 Å². The Balaban J connectivity index is 1.88. The molecule has 0 radical (unpaired) electrons. The van der Waals surface area contributed by atoms with E-state index in [1.165, 1.54) is 13.2 Å². The van der Waals surface area contributed by atoms with Gasteiger partial charge in [0, 0.05) is 13.2 Å². The number of rotatable bonds is 4. The van der Waals surface area contributed by atoms with Crippen LogP contribution in [0.5, 0.6) is 0 Å². The molecule has 0 saturated heterocycles. The number of amides is 1. The number of hydrogen-bond acceptors (Lipinski definition) is 4. The van der Waals surface area contributed by atoms with Crippen molar-refractivity contribution in [3.63, 3.8) is 0 Å². The topological polar surface area (TPSA) is 104 Å². The Morgan fingerprint density at radius 2 is 1.96 bits per heavy atom. The molecule has 3 N–H and O–H groups in total. The smallest absolute Gasteiger partial charge is 0.328 e. The molecule has 1 aliphatic carbocycles. The van der Waals surface area contributed by atoms with Gasteiger partial charge in [0.05, 0.1) is 12.1 Å². The molecule has 0 bridgehead atoms. The number of hydrogen-bond donors (Lipinski definition) is 3. The molecule has 1 aliphatic rings. The highest BCUT2D eigenvalue weighted by atomic mass is 16.3. The van der Waals surface area contributed by atoms with Crippen molar-refractivity contribution in [2.24, 2.45) is 13.0 Å². The van der Waals surface area contributed by atoms with Gasteiger partial charge in [-0.15, -0.1) is 0 Å². The number of H-pyrrole nitrogens is 1. The second-order valence-corrected chi connectivity index (χ2v) is 6.16. The predicted octanol–water partition coefficient (Wildman–Crippen LogP) is 0.316. The summed E-state index contributed by atoms with van der Waals surface area (Å²) in [5.74, 6) is -0.431. The molecule has 7 heteroatoms. The summed E-state index contributed by atoms with van der Waals surface area (Å²) in [5.41, 5.74) is -0.476. The minimum atomic E-state index is -0.712. The van der Waals surface area contributed by atoms with Crippen molar-refractivity contribution in [3.05, 3.63) is 68.5 Å². The lowest BCUT2D eigenvalue weighted by Gasteiger charge is -2.38. The molecule has 3 rings (SSSR count). The fraction of sp³-hybridized carbons (Fsp3) is 0.353. The van der Waals surface area contributed by atoms with Crippen LogP contribution in [-0.2, 0) is 7.05 Å². The monoisotopic (exact) mass is 329 g/mol. The lowest BCUT2D eigenvalue weighted by molar-refractivity contribution is 0.0235. The predicted molar refractivity (Wildman–Crippen MR) is 87.7 cm³/mol. The Morgan fingerprint density at radius 1 is 1.29 bits per heavy atom. The Bertz CT molecular complexity index is 850. The number of benzene rings is 1. The minimum Gasteiger partial charge on any atom is -0.393 e. The van der Waals surface area contributed by atoms with Crippen LogP contribution >= 0.6 is 0 Å². The molecule has 1 heterocycles. The summed E-state index contributed by atoms with van der Waals surface area (Å²) >= 11 is 0. The van der Waals surface area contributed by atoms with E-state index in [9.17, 15) is 19.5 Å². The third-order valence-corrected chi connectivity index (χ3v) is 4.42. The van der Waals surface area contributed by atoms with Gasteiger partial charge in [0.2, 0.25) is 0 Å². The number of aromatic nitrogens is 2. The minimum absolute atomic E-state index is 0.109. The Morgan fingerprint density at radius 3 is 2.58 bits per heavy atom. The molecule has 24 heavy (non-hydrogen) atoms. The summed E-state index contributed by atoms with van der Waals surface area (Å²) in [7, 11) is 1.46. The normalized spacial score (nSPS) is 20.9. The molecule has 1 amide bonds. The molecule has 0 aliphatic heterocycles. The second-order valence-electron chi connectivity index (χ2n) is 6.16. The lowest BCUT2D eigenvalue weighted by atomic mass is 9.75. The van der Waals surface area contributed by atoms with Crippen molar-refractivity contribution in [2.75, 3.05) is 0 Å². The van der Waals surface area contributed by atoms with E-state index in [4.69, 9.17) is 0 Å². The molecular formula is C17H19N3O4. The van der Waals surface area contributed by atoms with Gasteiger partial charge in [-0.25, -0.2) is 4.79 Å². The maximum absolute atomic E-state index is 12.5. The third kappa shape index (κ3) is 3.16. The summed E-state index contributed by atoms with van der Waals surface area (Å²) in [6, 6.07) is 9.15. The van der Waals surface area contributed by atoms with Gasteiger partial charge in [0.1, 0.15) is 5.56 Å². The van der Waals surface area contributed by atoms with Crippen LogP contribution in [0.2, 0.25) is 0 Å². The average Bonchev–Trinajstić information content (AvgIpc) is 2.54. The number of aliphatic hydroxyl groups excluding tert-OH is 1. The first-order valence-electron chi connectivity index (χ1n) is 7.79. The zero-order chi connectivity index (χ0) is 17.3. The number of aryl methyl sites for hydroxylation is 1. The van der Waals surface area contributed by atoms with E-state index >= 15 is 0 Å². The molecule has 7 nitrogen and oxygen atoms in total. The van der Waals surface area contributed by atoms with Crippen molar-refractivity contribution in [3.8, 4) is 0 Å². The molecule has 126 valence electrons. The van der Waals surface area contributed by atoms with Gasteiger partial charge in [-0.05, 0) is 24.3 Å². The maximum atomic E-state index is 12.5. The summed E-state index contributed by atoms with van der Waals surface area (Å²) in [5, 5.41) is 12.4. The largest absolute Gasteiger partial charge is 0.393 e. The molecular weight excluding hydrogens is 310 g/mol. The highest BCUT2D eigenvalue weighted by Gasteiger charge is 2.36. The molecule has 0 unspecified atom stereocenters. The third-order valence-electron chi connectivity index (χ3n) is 4.42. The van der Waals surface area contributed by atoms with E-state index in [0.29, 0.717) is 12.8 Å². The van der Waals surface area contributed by atoms with E-state index in [1.54, 1.807) is 0 Å². The molecule has 2 aromatic rings. The van der Waals surface area contributed by atoms with Gasteiger partial charge in [-0.2, -0.15) is 0 Å². The van der Waals surface area contributed by atoms with Crippen molar-refractivity contribution < 1.29 is 9.90 Å². The van der Waals surface area contributed by atoms with Gasteiger partial charge < -0.3 is 15.0 Å². The fourth-order valence-corrected chi connectivity index (χ4v) is 2.98. The molecule has 1 fully saturated rings. The summed E-state index contributed by atoms with van der Waals surface area (Å²) in [6.07, 6.45) is 2.08. The summed E-state index contributed by atoms with van der Waals surface area (Å²) < 4.78 is 1.15. The van der Waals surface area contributed by atoms with E-state index in [2.05, 4.69) is 10.3 Å². The van der Waals surface area contributed by atoms with Crippen LogP contribution in [0.15, 0.2) is 46.1 Å².